The van der Waals surface area contributed by atoms with Crippen LogP contribution in [0.25, 0.3) is 0 Å². The maximum absolute atomic E-state index is 2.61. The highest BCUT2D eigenvalue weighted by molar-refractivity contribution is 5.28. The number of hydrogen-bond donors (Lipinski definition) is 0. The molecule has 3 rings (SSSR count). The van der Waals surface area contributed by atoms with E-state index < -0.39 is 0 Å². The number of likely N-dealkylation sites (tertiary alicyclic amines) is 1. The molecule has 0 unspecified atom stereocenters. The zero-order valence-electron chi connectivity index (χ0n) is 11.7. The first kappa shape index (κ1) is 12.4. The van der Waals surface area contributed by atoms with Gasteiger partial charge in [0.05, 0.1) is 0 Å². The summed E-state index contributed by atoms with van der Waals surface area (Å²) in [5, 5.41) is 0. The van der Waals surface area contributed by atoms with E-state index in [1.54, 1.807) is 0 Å². The van der Waals surface area contributed by atoms with Crippen LogP contribution in [0.1, 0.15) is 31.4 Å². The molecule has 98 valence electrons. The smallest absolute Gasteiger partial charge is 0.0453 e. The third-order valence-corrected chi connectivity index (χ3v) is 4.45. The van der Waals surface area contributed by atoms with E-state index in [0.29, 0.717) is 6.04 Å². The SMILES string of the molecule is C[C@H]1C[C@@](C)(c2ccccc2)N1Cc1ccccc1. The van der Waals surface area contributed by atoms with Crippen LogP contribution in [-0.2, 0) is 12.1 Å². The van der Waals surface area contributed by atoms with E-state index in [0.717, 1.165) is 6.54 Å². The molecule has 2 atom stereocenters. The van der Waals surface area contributed by atoms with Gasteiger partial charge in [-0.1, -0.05) is 60.7 Å². The molecule has 1 heteroatoms. The molecule has 0 saturated carbocycles. The molecule has 0 N–H and O–H groups in total. The molecule has 0 radical (unpaired) electrons. The van der Waals surface area contributed by atoms with Crippen LogP contribution in [0.5, 0.6) is 0 Å². The highest BCUT2D eigenvalue weighted by atomic mass is 15.3. The summed E-state index contributed by atoms with van der Waals surface area (Å²) in [7, 11) is 0. The molecule has 2 aromatic carbocycles. The average Bonchev–Trinajstić information content (AvgIpc) is 2.47. The van der Waals surface area contributed by atoms with E-state index in [2.05, 4.69) is 79.4 Å². The molecule has 1 fully saturated rings. The Bertz CT molecular complexity index is 534. The van der Waals surface area contributed by atoms with Crippen molar-refractivity contribution in [1.29, 1.82) is 0 Å². The topological polar surface area (TPSA) is 3.24 Å². The summed E-state index contributed by atoms with van der Waals surface area (Å²) in [5.41, 5.74) is 3.02. The third kappa shape index (κ3) is 2.19. The molecule has 1 saturated heterocycles. The van der Waals surface area contributed by atoms with Crippen LogP contribution in [0, 0.1) is 0 Å². The van der Waals surface area contributed by atoms with Crippen molar-refractivity contribution in [3.05, 3.63) is 71.8 Å². The highest BCUT2D eigenvalue weighted by Crippen LogP contribution is 2.45. The highest BCUT2D eigenvalue weighted by Gasteiger charge is 2.46. The van der Waals surface area contributed by atoms with Gasteiger partial charge in [0.1, 0.15) is 0 Å². The van der Waals surface area contributed by atoms with Crippen molar-refractivity contribution in [3.8, 4) is 0 Å². The van der Waals surface area contributed by atoms with Crippen LogP contribution in [0.3, 0.4) is 0 Å². The molecule has 19 heavy (non-hydrogen) atoms. The molecular weight excluding hydrogens is 230 g/mol. The van der Waals surface area contributed by atoms with Gasteiger partial charge in [-0.05, 0) is 31.4 Å². The largest absolute Gasteiger partial charge is 0.287 e. The van der Waals surface area contributed by atoms with Crippen molar-refractivity contribution in [2.75, 3.05) is 0 Å². The van der Waals surface area contributed by atoms with Gasteiger partial charge >= 0.3 is 0 Å². The van der Waals surface area contributed by atoms with Crippen molar-refractivity contribution in [2.24, 2.45) is 0 Å². The second kappa shape index (κ2) is 4.82. The lowest BCUT2D eigenvalue weighted by Crippen LogP contribution is -2.60. The molecule has 1 nitrogen and oxygen atoms in total. The second-order valence-corrected chi connectivity index (χ2v) is 5.81. The first-order valence-corrected chi connectivity index (χ1v) is 7.06. The van der Waals surface area contributed by atoms with Crippen molar-refractivity contribution in [1.82, 2.24) is 4.90 Å². The molecule has 0 amide bonds. The molecule has 2 aromatic rings. The lowest BCUT2D eigenvalue weighted by atomic mass is 9.75. The van der Waals surface area contributed by atoms with E-state index in [9.17, 15) is 0 Å². The normalized spacial score (nSPS) is 26.9. The molecule has 0 spiro atoms. The summed E-state index contributed by atoms with van der Waals surface area (Å²) in [5.74, 6) is 0. The Kier molecular flexibility index (Phi) is 3.16. The summed E-state index contributed by atoms with van der Waals surface area (Å²) in [6.45, 7) is 5.73. The minimum atomic E-state index is 0.191. The maximum Gasteiger partial charge on any atom is 0.0453 e. The van der Waals surface area contributed by atoms with Gasteiger partial charge in [0.25, 0.3) is 0 Å². The van der Waals surface area contributed by atoms with Crippen molar-refractivity contribution in [3.63, 3.8) is 0 Å². The summed E-state index contributed by atoms with van der Waals surface area (Å²) in [4.78, 5) is 2.61. The van der Waals surface area contributed by atoms with Crippen molar-refractivity contribution < 1.29 is 0 Å². The lowest BCUT2D eigenvalue weighted by molar-refractivity contribution is -0.0660. The molecule has 0 aliphatic carbocycles. The third-order valence-electron chi connectivity index (χ3n) is 4.45. The fourth-order valence-corrected chi connectivity index (χ4v) is 3.37. The zero-order valence-corrected chi connectivity index (χ0v) is 11.7. The molecular formula is C18H21N. The maximum atomic E-state index is 2.61. The van der Waals surface area contributed by atoms with Gasteiger partial charge in [0.2, 0.25) is 0 Å². The number of nitrogens with zero attached hydrogens (tertiary/aromatic N) is 1. The van der Waals surface area contributed by atoms with Gasteiger partial charge in [-0.2, -0.15) is 0 Å². The van der Waals surface area contributed by atoms with Crippen LogP contribution in [0.4, 0.5) is 0 Å². The van der Waals surface area contributed by atoms with E-state index in [1.807, 2.05) is 0 Å². The fraction of sp³-hybridized carbons (Fsp3) is 0.333. The van der Waals surface area contributed by atoms with E-state index in [4.69, 9.17) is 0 Å². The van der Waals surface area contributed by atoms with Gasteiger partial charge in [-0.25, -0.2) is 0 Å². The number of hydrogen-bond acceptors (Lipinski definition) is 1. The first-order chi connectivity index (χ1) is 9.20. The zero-order chi connectivity index (χ0) is 13.3. The molecule has 0 aromatic heterocycles. The average molecular weight is 251 g/mol. The molecule has 1 heterocycles. The number of benzene rings is 2. The van der Waals surface area contributed by atoms with Crippen LogP contribution in [0.2, 0.25) is 0 Å². The van der Waals surface area contributed by atoms with E-state index in [-0.39, 0.29) is 5.54 Å². The predicted octanol–water partition coefficient (Wildman–Crippen LogP) is 4.20. The monoisotopic (exact) mass is 251 g/mol. The lowest BCUT2D eigenvalue weighted by Gasteiger charge is -2.56. The molecule has 1 aliphatic heterocycles. The number of rotatable bonds is 3. The Morgan fingerprint density at radius 3 is 2.16 bits per heavy atom. The molecule has 1 aliphatic rings. The summed E-state index contributed by atoms with van der Waals surface area (Å²) >= 11 is 0. The van der Waals surface area contributed by atoms with E-state index >= 15 is 0 Å². The minimum Gasteiger partial charge on any atom is -0.287 e. The summed E-state index contributed by atoms with van der Waals surface area (Å²) < 4.78 is 0. The first-order valence-electron chi connectivity index (χ1n) is 7.06. The Morgan fingerprint density at radius 2 is 1.58 bits per heavy atom. The Hall–Kier alpha value is -1.60. The van der Waals surface area contributed by atoms with Crippen molar-refractivity contribution in [2.45, 2.75) is 38.4 Å². The molecule has 0 bridgehead atoms. The van der Waals surface area contributed by atoms with Crippen molar-refractivity contribution >= 4 is 0 Å². The van der Waals surface area contributed by atoms with Crippen LogP contribution < -0.4 is 0 Å². The van der Waals surface area contributed by atoms with Crippen LogP contribution >= 0.6 is 0 Å². The Morgan fingerprint density at radius 1 is 1.00 bits per heavy atom. The van der Waals surface area contributed by atoms with Gasteiger partial charge in [0, 0.05) is 18.1 Å². The Labute approximate surface area is 115 Å². The second-order valence-electron chi connectivity index (χ2n) is 5.81. The fourth-order valence-electron chi connectivity index (χ4n) is 3.37. The minimum absolute atomic E-state index is 0.191. The van der Waals surface area contributed by atoms with Crippen LogP contribution in [-0.4, -0.2) is 10.9 Å². The summed E-state index contributed by atoms with van der Waals surface area (Å²) in [6.07, 6.45) is 1.24. The van der Waals surface area contributed by atoms with E-state index in [1.165, 1.54) is 17.5 Å². The van der Waals surface area contributed by atoms with Gasteiger partial charge in [0.15, 0.2) is 0 Å². The predicted molar refractivity (Wildman–Crippen MR) is 79.9 cm³/mol. The van der Waals surface area contributed by atoms with Gasteiger partial charge < -0.3 is 0 Å². The van der Waals surface area contributed by atoms with Gasteiger partial charge in [-0.15, -0.1) is 0 Å². The quantitative estimate of drug-likeness (QED) is 0.790. The summed E-state index contributed by atoms with van der Waals surface area (Å²) in [6, 6.07) is 22.3. The van der Waals surface area contributed by atoms with Crippen LogP contribution in [0.15, 0.2) is 60.7 Å². The standard InChI is InChI=1S/C18H21N/c1-15-13-18(2,17-11-7-4-8-12-17)19(15)14-16-9-5-3-6-10-16/h3-12,15H,13-14H2,1-2H3/t15-,18-/m0/s1. The van der Waals surface area contributed by atoms with Gasteiger partial charge in [-0.3, -0.25) is 4.90 Å². The Balaban J connectivity index is 1.84.